The second-order valence-electron chi connectivity index (χ2n) is 6.03. The Morgan fingerprint density at radius 2 is 1.93 bits per heavy atom. The summed E-state index contributed by atoms with van der Waals surface area (Å²) < 4.78 is 15.2. The molecule has 2 heterocycles. The lowest BCUT2D eigenvalue weighted by Crippen LogP contribution is -2.30. The first-order valence-corrected chi connectivity index (χ1v) is 8.18. The number of halogens is 1. The number of aromatic amines is 1. The molecule has 7 nitrogen and oxygen atoms in total. The first kappa shape index (κ1) is 17.3. The minimum atomic E-state index is -0.861. The highest BCUT2D eigenvalue weighted by atomic mass is 19.1. The van der Waals surface area contributed by atoms with E-state index < -0.39 is 17.1 Å². The van der Waals surface area contributed by atoms with Crippen molar-refractivity contribution < 1.29 is 14.3 Å². The van der Waals surface area contributed by atoms with Crippen molar-refractivity contribution in [2.24, 2.45) is 0 Å². The summed E-state index contributed by atoms with van der Waals surface area (Å²) in [6.45, 7) is 0. The van der Waals surface area contributed by atoms with Gasteiger partial charge in [0.2, 0.25) is 0 Å². The van der Waals surface area contributed by atoms with Gasteiger partial charge >= 0.3 is 5.69 Å². The Balaban J connectivity index is 2.00. The summed E-state index contributed by atoms with van der Waals surface area (Å²) >= 11 is 0. The Morgan fingerprint density at radius 1 is 1.11 bits per heavy atom. The fraction of sp³-hybridized carbons (Fsp3) is 0. The number of carbonyl (C=O) groups is 1. The van der Waals surface area contributed by atoms with E-state index in [2.05, 4.69) is 9.97 Å². The molecule has 4 aromatic rings. The van der Waals surface area contributed by atoms with Crippen LogP contribution in [-0.4, -0.2) is 25.9 Å². The Bertz CT molecular complexity index is 1360. The highest BCUT2D eigenvalue weighted by molar-refractivity contribution is 5.88. The van der Waals surface area contributed by atoms with Gasteiger partial charge in [-0.1, -0.05) is 12.1 Å². The first-order chi connectivity index (χ1) is 13.5. The predicted octanol–water partition coefficient (Wildman–Crippen LogP) is 2.40. The third kappa shape index (κ3) is 2.77. The Labute approximate surface area is 156 Å². The molecule has 8 heteroatoms. The lowest BCUT2D eigenvalue weighted by atomic mass is 9.99. The molecule has 4 rings (SSSR count). The summed E-state index contributed by atoms with van der Waals surface area (Å²) in [7, 11) is 0. The molecule has 0 aliphatic carbocycles. The molecule has 0 aliphatic heterocycles. The van der Waals surface area contributed by atoms with Crippen molar-refractivity contribution in [3.05, 3.63) is 86.9 Å². The van der Waals surface area contributed by atoms with E-state index in [1.807, 2.05) is 0 Å². The highest BCUT2D eigenvalue weighted by Gasteiger charge is 2.15. The minimum Gasteiger partial charge on any atom is -0.508 e. The molecule has 28 heavy (non-hydrogen) atoms. The highest BCUT2D eigenvalue weighted by Crippen LogP contribution is 2.27. The number of aromatic hydroxyl groups is 1. The van der Waals surface area contributed by atoms with Crippen LogP contribution in [0.3, 0.4) is 0 Å². The number of nitrogens with one attached hydrogen (secondary N) is 1. The Hall–Kier alpha value is -4.07. The molecule has 0 atom stereocenters. The normalized spacial score (nSPS) is 10.9. The SMILES string of the molecule is O=Cc1cc(O)ccc1-c1cccc(-n2c(=O)[nH]c(=O)c3c(F)ccnc32)c1. The lowest BCUT2D eigenvalue weighted by molar-refractivity contribution is 0.112. The van der Waals surface area contributed by atoms with Crippen LogP contribution in [0.25, 0.3) is 27.8 Å². The molecule has 0 saturated heterocycles. The second-order valence-corrected chi connectivity index (χ2v) is 6.03. The van der Waals surface area contributed by atoms with Gasteiger partial charge in [-0.05, 0) is 47.5 Å². The van der Waals surface area contributed by atoms with Gasteiger partial charge < -0.3 is 5.11 Å². The summed E-state index contributed by atoms with van der Waals surface area (Å²) in [6.07, 6.45) is 1.78. The number of aromatic nitrogens is 3. The van der Waals surface area contributed by atoms with Crippen LogP contribution in [0.5, 0.6) is 5.75 Å². The third-order valence-corrected chi connectivity index (χ3v) is 4.32. The van der Waals surface area contributed by atoms with Crippen LogP contribution in [0.4, 0.5) is 4.39 Å². The Morgan fingerprint density at radius 3 is 2.71 bits per heavy atom. The molecule has 2 aromatic heterocycles. The maximum absolute atomic E-state index is 14.1. The number of carbonyl (C=O) groups excluding carboxylic acids is 1. The molecule has 0 bridgehead atoms. The zero-order valence-corrected chi connectivity index (χ0v) is 14.2. The monoisotopic (exact) mass is 377 g/mol. The van der Waals surface area contributed by atoms with E-state index in [0.29, 0.717) is 23.1 Å². The van der Waals surface area contributed by atoms with E-state index in [4.69, 9.17) is 0 Å². The first-order valence-electron chi connectivity index (χ1n) is 8.18. The van der Waals surface area contributed by atoms with Crippen LogP contribution in [0.1, 0.15) is 10.4 Å². The summed E-state index contributed by atoms with van der Waals surface area (Å²) in [5.41, 5.74) is -0.0364. The molecule has 0 aliphatic rings. The molecule has 0 saturated carbocycles. The summed E-state index contributed by atoms with van der Waals surface area (Å²) in [5, 5.41) is 9.24. The topological polar surface area (TPSA) is 105 Å². The molecule has 2 aromatic carbocycles. The number of fused-ring (bicyclic) bond motifs is 1. The number of pyridine rings is 1. The van der Waals surface area contributed by atoms with Crippen molar-refractivity contribution >= 4 is 17.3 Å². The number of hydrogen-bond acceptors (Lipinski definition) is 5. The van der Waals surface area contributed by atoms with Crippen molar-refractivity contribution in [2.45, 2.75) is 0 Å². The van der Waals surface area contributed by atoms with Gasteiger partial charge in [0, 0.05) is 11.8 Å². The number of rotatable bonds is 3. The fourth-order valence-corrected chi connectivity index (χ4v) is 3.08. The van der Waals surface area contributed by atoms with E-state index in [-0.39, 0.29) is 22.3 Å². The molecule has 0 amide bonds. The summed E-state index contributed by atoms with van der Waals surface area (Å²) in [6, 6.07) is 11.9. The zero-order chi connectivity index (χ0) is 19.8. The number of hydrogen-bond donors (Lipinski definition) is 2. The number of benzene rings is 2. The largest absolute Gasteiger partial charge is 0.508 e. The Kier molecular flexibility index (Phi) is 4.08. The fourth-order valence-electron chi connectivity index (χ4n) is 3.08. The van der Waals surface area contributed by atoms with Crippen molar-refractivity contribution in [1.82, 2.24) is 14.5 Å². The lowest BCUT2D eigenvalue weighted by Gasteiger charge is -2.11. The smallest absolute Gasteiger partial charge is 0.334 e. The van der Waals surface area contributed by atoms with Crippen LogP contribution in [-0.2, 0) is 0 Å². The quantitative estimate of drug-likeness (QED) is 0.534. The van der Waals surface area contributed by atoms with Crippen molar-refractivity contribution in [2.75, 3.05) is 0 Å². The standard InChI is InChI=1S/C20H12FN3O4/c21-16-6-7-22-18-17(16)19(27)23-20(28)24(18)13-3-1-2-11(8-13)15-5-4-14(26)9-12(15)10-25/h1-10,26H,(H,23,27,28). The van der Waals surface area contributed by atoms with Crippen LogP contribution in [0, 0.1) is 5.82 Å². The van der Waals surface area contributed by atoms with Crippen molar-refractivity contribution in [3.8, 4) is 22.6 Å². The number of nitrogens with zero attached hydrogens (tertiary/aromatic N) is 2. The van der Waals surface area contributed by atoms with Crippen molar-refractivity contribution in [1.29, 1.82) is 0 Å². The second kappa shape index (κ2) is 6.58. The van der Waals surface area contributed by atoms with Gasteiger partial charge in [0.1, 0.15) is 17.0 Å². The van der Waals surface area contributed by atoms with E-state index in [1.54, 1.807) is 30.3 Å². The maximum atomic E-state index is 14.1. The predicted molar refractivity (Wildman–Crippen MR) is 100 cm³/mol. The molecule has 138 valence electrons. The van der Waals surface area contributed by atoms with Gasteiger partial charge in [0.25, 0.3) is 5.56 Å². The molecule has 2 N–H and O–H groups in total. The van der Waals surface area contributed by atoms with Crippen LogP contribution < -0.4 is 11.2 Å². The minimum absolute atomic E-state index is 0.0514. The summed E-state index contributed by atoms with van der Waals surface area (Å²) in [5.74, 6) is -0.845. The average Bonchev–Trinajstić information content (AvgIpc) is 2.68. The molecular weight excluding hydrogens is 365 g/mol. The van der Waals surface area contributed by atoms with Gasteiger partial charge in [-0.15, -0.1) is 0 Å². The molecule has 0 fully saturated rings. The van der Waals surface area contributed by atoms with Gasteiger partial charge in [-0.3, -0.25) is 14.6 Å². The molecule has 0 radical (unpaired) electrons. The molecule has 0 unspecified atom stereocenters. The maximum Gasteiger partial charge on any atom is 0.334 e. The number of H-pyrrole nitrogens is 1. The van der Waals surface area contributed by atoms with E-state index in [0.717, 1.165) is 10.6 Å². The van der Waals surface area contributed by atoms with E-state index >= 15 is 0 Å². The van der Waals surface area contributed by atoms with Crippen molar-refractivity contribution in [3.63, 3.8) is 0 Å². The third-order valence-electron chi connectivity index (χ3n) is 4.32. The number of phenolic OH excluding ortho intramolecular Hbond substituents is 1. The van der Waals surface area contributed by atoms with Crippen LogP contribution in [0.2, 0.25) is 0 Å². The summed E-state index contributed by atoms with van der Waals surface area (Å²) in [4.78, 5) is 41.9. The van der Waals surface area contributed by atoms with Crippen LogP contribution in [0.15, 0.2) is 64.3 Å². The van der Waals surface area contributed by atoms with Gasteiger partial charge in [-0.2, -0.15) is 0 Å². The zero-order valence-electron chi connectivity index (χ0n) is 14.2. The average molecular weight is 377 g/mol. The molecule has 0 spiro atoms. The molecular formula is C20H12FN3O4. The van der Waals surface area contributed by atoms with Gasteiger partial charge in [0.05, 0.1) is 5.69 Å². The number of aldehydes is 1. The number of phenols is 1. The van der Waals surface area contributed by atoms with Gasteiger partial charge in [0.15, 0.2) is 11.9 Å². The van der Waals surface area contributed by atoms with E-state index in [1.165, 1.54) is 18.3 Å². The van der Waals surface area contributed by atoms with E-state index in [9.17, 15) is 23.9 Å². The van der Waals surface area contributed by atoms with Crippen LogP contribution >= 0.6 is 0 Å². The van der Waals surface area contributed by atoms with Gasteiger partial charge in [-0.25, -0.2) is 18.7 Å².